The summed E-state index contributed by atoms with van der Waals surface area (Å²) in [6.07, 6.45) is 1.77. The second-order valence-electron chi connectivity index (χ2n) is 0.676. The molecule has 3 heteroatoms. The van der Waals surface area contributed by atoms with Crippen molar-refractivity contribution in [2.45, 2.75) is 0 Å². The predicted octanol–water partition coefficient (Wildman–Crippen LogP) is 0.227. The van der Waals surface area contributed by atoms with Crippen molar-refractivity contribution in [3.8, 4) is 0 Å². The fourth-order valence-electron chi connectivity index (χ4n) is 0.176. The van der Waals surface area contributed by atoms with Crippen LogP contribution < -0.4 is 0 Å². The molecule has 0 saturated carbocycles. The maximum Gasteiger partial charge on any atom is 0.0791 e. The van der Waals surface area contributed by atoms with Crippen molar-refractivity contribution in [1.29, 1.82) is 0 Å². The molecule has 0 unspecified atom stereocenters. The summed E-state index contributed by atoms with van der Waals surface area (Å²) in [5.41, 5.74) is 1.79. The van der Waals surface area contributed by atoms with Gasteiger partial charge < -0.3 is 0 Å². The fraction of sp³-hybridized carbons (Fsp3) is 0. The van der Waals surface area contributed by atoms with Gasteiger partial charge in [0.15, 0.2) is 0 Å². The molecule has 1 aromatic heterocycles. The Kier molecular flexibility index (Phi) is 3.43. The quantitative estimate of drug-likeness (QED) is 0.502. The van der Waals surface area contributed by atoms with Crippen molar-refractivity contribution in [3.63, 3.8) is 0 Å². The first-order chi connectivity index (χ1) is 2.50. The van der Waals surface area contributed by atoms with Crippen molar-refractivity contribution in [1.82, 2.24) is 4.98 Å². The van der Waals surface area contributed by atoms with Gasteiger partial charge in [0.05, 0.1) is 5.51 Å². The summed E-state index contributed by atoms with van der Waals surface area (Å²) in [5, 5.41) is 1.93. The van der Waals surface area contributed by atoms with Crippen molar-refractivity contribution >= 4 is 28.4 Å². The van der Waals surface area contributed by atoms with Gasteiger partial charge in [-0.2, -0.15) is 0 Å². The molecule has 1 heterocycles. The Hall–Kier alpha value is 0.149. The summed E-state index contributed by atoms with van der Waals surface area (Å²) < 4.78 is 0. The molecule has 0 atom stereocenters. The Morgan fingerprint density at radius 2 is 2.33 bits per heavy atom. The van der Waals surface area contributed by atoms with Gasteiger partial charge in [-0.05, 0) is 0 Å². The molecule has 0 bridgehead atoms. The van der Waals surface area contributed by atoms with Crippen LogP contribution in [-0.4, -0.2) is 22.1 Å². The van der Waals surface area contributed by atoms with E-state index in [0.717, 1.165) is 0 Å². The first-order valence-corrected chi connectivity index (χ1v) is 2.26. The number of hydrogen-bond acceptors (Lipinski definition) is 2. The minimum Gasteiger partial charge on any atom is -0.253 e. The van der Waals surface area contributed by atoms with Crippen molar-refractivity contribution in [2.75, 3.05) is 0 Å². The summed E-state index contributed by atoms with van der Waals surface area (Å²) in [7, 11) is 0. The first kappa shape index (κ1) is 6.15. The van der Waals surface area contributed by atoms with E-state index >= 15 is 0 Å². The minimum atomic E-state index is 0. The van der Waals surface area contributed by atoms with E-state index in [1.807, 2.05) is 5.38 Å². The van der Waals surface area contributed by atoms with Crippen LogP contribution in [0, 0.1) is 0 Å². The zero-order chi connectivity index (χ0) is 3.54. The molecule has 1 rings (SSSR count). The Morgan fingerprint density at radius 1 is 1.50 bits per heavy atom. The summed E-state index contributed by atoms with van der Waals surface area (Å²) >= 11 is 1.60. The molecule has 6 heavy (non-hydrogen) atoms. The van der Waals surface area contributed by atoms with E-state index in [1.54, 1.807) is 23.0 Å². The summed E-state index contributed by atoms with van der Waals surface area (Å²) in [6, 6.07) is 0. The molecule has 0 amide bonds. The van der Waals surface area contributed by atoms with Gasteiger partial charge in [-0.15, -0.1) is 11.3 Å². The van der Waals surface area contributed by atoms with Gasteiger partial charge in [0, 0.05) is 11.6 Å². The second kappa shape index (κ2) is 3.34. The zero-order valence-corrected chi connectivity index (χ0v) is 6.00. The van der Waals surface area contributed by atoms with Crippen molar-refractivity contribution < 1.29 is 0 Å². The first-order valence-electron chi connectivity index (χ1n) is 1.32. The van der Waals surface area contributed by atoms with Crippen LogP contribution >= 0.6 is 11.3 Å². The van der Waals surface area contributed by atoms with Gasteiger partial charge in [0.25, 0.3) is 0 Å². The summed E-state index contributed by atoms with van der Waals surface area (Å²) in [5.74, 6) is 0. The van der Waals surface area contributed by atoms with Crippen LogP contribution in [0.1, 0.15) is 0 Å². The zero-order valence-electron chi connectivity index (χ0n) is 3.09. The Labute approximate surface area is 50.9 Å². The molecule has 0 spiro atoms. The molecule has 34 valence electrons. The number of hydrogen-bond donors (Lipinski definition) is 0. The molecule has 0 saturated heterocycles. The molecule has 0 radical (unpaired) electrons. The van der Waals surface area contributed by atoms with E-state index < -0.39 is 0 Å². The molecule has 0 N–H and O–H groups in total. The minimum absolute atomic E-state index is 0. The number of thiazole rings is 1. The second-order valence-corrected chi connectivity index (χ2v) is 1.43. The molecule has 1 aromatic rings. The maximum atomic E-state index is 3.74. The van der Waals surface area contributed by atoms with Gasteiger partial charge in [0.1, 0.15) is 0 Å². The fourth-order valence-corrected chi connectivity index (χ4v) is 0.527. The van der Waals surface area contributed by atoms with Gasteiger partial charge >= 0.3 is 17.1 Å². The molecular formula is C3H5NSSe. The van der Waals surface area contributed by atoms with Crippen molar-refractivity contribution in [3.05, 3.63) is 17.1 Å². The van der Waals surface area contributed by atoms with Crippen LogP contribution in [-0.2, 0) is 0 Å². The molecule has 0 aromatic carbocycles. The van der Waals surface area contributed by atoms with Gasteiger partial charge in [-0.25, -0.2) is 0 Å². The van der Waals surface area contributed by atoms with Gasteiger partial charge in [-0.1, -0.05) is 0 Å². The van der Waals surface area contributed by atoms with E-state index in [9.17, 15) is 0 Å². The van der Waals surface area contributed by atoms with E-state index in [2.05, 4.69) is 4.98 Å². The van der Waals surface area contributed by atoms with Crippen LogP contribution in [0.2, 0.25) is 0 Å². The Bertz CT molecular complexity index is 67.3. The molecule has 1 nitrogen and oxygen atoms in total. The third-order valence-electron chi connectivity index (χ3n) is 0.347. The van der Waals surface area contributed by atoms with Crippen molar-refractivity contribution in [2.24, 2.45) is 0 Å². The SMILES string of the molecule is [SeH2].c1cscn1. The third-order valence-corrected chi connectivity index (χ3v) is 0.869. The molecule has 0 aliphatic carbocycles. The monoisotopic (exact) mass is 167 g/mol. The van der Waals surface area contributed by atoms with Crippen LogP contribution in [0.5, 0.6) is 0 Å². The van der Waals surface area contributed by atoms with Crippen LogP contribution in [0.25, 0.3) is 0 Å². The predicted molar refractivity (Wildman–Crippen MR) is 30.7 cm³/mol. The van der Waals surface area contributed by atoms with Crippen LogP contribution in [0.3, 0.4) is 0 Å². The number of aromatic nitrogens is 1. The third kappa shape index (κ3) is 1.55. The van der Waals surface area contributed by atoms with E-state index in [1.165, 1.54) is 0 Å². The largest absolute Gasteiger partial charge is 0.253 e. The Balaban J connectivity index is 0.000000250. The standard InChI is InChI=1S/C3H3NS.H2Se/c1-2-5-3-4-1;/h1-3H;1H2. The number of nitrogens with zero attached hydrogens (tertiary/aromatic N) is 1. The van der Waals surface area contributed by atoms with Gasteiger partial charge in [-0.3, -0.25) is 4.98 Å². The van der Waals surface area contributed by atoms with E-state index in [4.69, 9.17) is 0 Å². The van der Waals surface area contributed by atoms with Crippen LogP contribution in [0.15, 0.2) is 17.1 Å². The summed E-state index contributed by atoms with van der Waals surface area (Å²) in [4.78, 5) is 3.74. The molecule has 0 fully saturated rings. The average molecular weight is 166 g/mol. The van der Waals surface area contributed by atoms with E-state index in [-0.39, 0.29) is 17.1 Å². The normalized spacial score (nSPS) is 6.67. The summed E-state index contributed by atoms with van der Waals surface area (Å²) in [6.45, 7) is 0. The molecule has 0 aliphatic rings. The number of rotatable bonds is 0. The smallest absolute Gasteiger partial charge is 0.0791 e. The molecule has 0 aliphatic heterocycles. The van der Waals surface area contributed by atoms with Gasteiger partial charge in [0.2, 0.25) is 0 Å². The maximum absolute atomic E-state index is 3.74. The Morgan fingerprint density at radius 3 is 2.50 bits per heavy atom. The molecular weight excluding hydrogens is 161 g/mol. The van der Waals surface area contributed by atoms with Crippen LogP contribution in [0.4, 0.5) is 0 Å². The topological polar surface area (TPSA) is 12.9 Å². The average Bonchev–Trinajstić information content (AvgIpc) is 1.76. The van der Waals surface area contributed by atoms with E-state index in [0.29, 0.717) is 0 Å².